The van der Waals surface area contributed by atoms with Gasteiger partial charge in [-0.1, -0.05) is 47.7 Å². The molecule has 0 atom stereocenters. The Hall–Kier alpha value is -4.53. The van der Waals surface area contributed by atoms with E-state index >= 15 is 0 Å². The monoisotopic (exact) mass is 450 g/mol. The minimum absolute atomic E-state index is 0.467. The average Bonchev–Trinajstić information content (AvgIpc) is 3.43. The maximum atomic E-state index is 6.30. The molecule has 9 nitrogen and oxygen atoms in total. The lowest BCUT2D eigenvalue weighted by Crippen LogP contribution is -1.96. The highest BCUT2D eigenvalue weighted by atomic mass is 16.5. The van der Waals surface area contributed by atoms with Crippen molar-refractivity contribution in [2.45, 2.75) is 25.3 Å². The zero-order valence-corrected chi connectivity index (χ0v) is 18.3. The van der Waals surface area contributed by atoms with Crippen LogP contribution in [0.25, 0.3) is 11.3 Å². The van der Waals surface area contributed by atoms with Crippen molar-refractivity contribution in [2.75, 3.05) is 5.32 Å². The number of pyridine rings is 1. The fourth-order valence-corrected chi connectivity index (χ4v) is 3.79. The predicted octanol–water partition coefficient (Wildman–Crippen LogP) is 4.92. The predicted molar refractivity (Wildman–Crippen MR) is 127 cm³/mol. The number of ether oxygens (including phenoxy) is 1. The standard InChI is InChI=1S/C25H22N8O/c1-2-6-18(7-3-1)25-22(16-33(30-25)20-9-10-20)34-21-11-12-26-23(15-21)27-19-8-4-5-17(13-19)14-24-28-31-32-29-24/h1-8,11-13,15-16,20H,9-10,14H2,(H,26,27)(H,28,29,31,32). The molecule has 1 saturated carbocycles. The number of benzene rings is 2. The highest BCUT2D eigenvalue weighted by Crippen LogP contribution is 2.39. The van der Waals surface area contributed by atoms with E-state index in [1.807, 2.05) is 77.6 Å². The van der Waals surface area contributed by atoms with Gasteiger partial charge in [-0.2, -0.15) is 10.3 Å². The fourth-order valence-electron chi connectivity index (χ4n) is 3.79. The number of tetrazole rings is 1. The minimum Gasteiger partial charge on any atom is -0.453 e. The van der Waals surface area contributed by atoms with Crippen molar-refractivity contribution in [1.29, 1.82) is 0 Å². The van der Waals surface area contributed by atoms with E-state index in [0.717, 1.165) is 41.1 Å². The molecule has 3 aromatic heterocycles. The molecule has 2 aromatic carbocycles. The van der Waals surface area contributed by atoms with E-state index in [1.165, 1.54) is 0 Å². The quantitative estimate of drug-likeness (QED) is 0.346. The third-order valence-electron chi connectivity index (χ3n) is 5.58. The first-order valence-corrected chi connectivity index (χ1v) is 11.2. The Bertz CT molecular complexity index is 1390. The number of H-pyrrole nitrogens is 1. The Labute approximate surface area is 195 Å². The van der Waals surface area contributed by atoms with Crippen LogP contribution in [0.2, 0.25) is 0 Å². The molecule has 0 bridgehead atoms. The molecular formula is C25H22N8O. The number of nitrogens with one attached hydrogen (secondary N) is 2. The maximum Gasteiger partial charge on any atom is 0.178 e. The number of nitrogens with zero attached hydrogens (tertiary/aromatic N) is 6. The van der Waals surface area contributed by atoms with Gasteiger partial charge in [0.05, 0.1) is 12.2 Å². The van der Waals surface area contributed by atoms with Crippen molar-refractivity contribution in [3.63, 3.8) is 0 Å². The summed E-state index contributed by atoms with van der Waals surface area (Å²) >= 11 is 0. The molecule has 1 fully saturated rings. The summed E-state index contributed by atoms with van der Waals surface area (Å²) in [5.41, 5.74) is 3.85. The van der Waals surface area contributed by atoms with Gasteiger partial charge in [-0.25, -0.2) is 4.98 Å². The topological polar surface area (TPSA) is 106 Å². The molecule has 5 aromatic rings. The van der Waals surface area contributed by atoms with Crippen molar-refractivity contribution in [2.24, 2.45) is 0 Å². The first-order valence-electron chi connectivity index (χ1n) is 11.2. The van der Waals surface area contributed by atoms with Crippen LogP contribution < -0.4 is 10.1 Å². The third kappa shape index (κ3) is 4.49. The van der Waals surface area contributed by atoms with Gasteiger partial charge < -0.3 is 10.1 Å². The smallest absolute Gasteiger partial charge is 0.178 e. The number of aromatic amines is 1. The molecule has 0 spiro atoms. The Morgan fingerprint density at radius 3 is 2.76 bits per heavy atom. The Kier molecular flexibility index (Phi) is 5.19. The summed E-state index contributed by atoms with van der Waals surface area (Å²) in [4.78, 5) is 4.45. The van der Waals surface area contributed by atoms with Gasteiger partial charge in [0.25, 0.3) is 0 Å². The SMILES string of the molecule is c1ccc(-c2nn(C3CC3)cc2Oc2ccnc(Nc3cccc(Cc4nn[nH]n4)c3)c2)cc1. The lowest BCUT2D eigenvalue weighted by Gasteiger charge is -2.10. The van der Waals surface area contributed by atoms with Crippen LogP contribution in [0.1, 0.15) is 30.3 Å². The molecule has 0 amide bonds. The zero-order chi connectivity index (χ0) is 22.7. The van der Waals surface area contributed by atoms with E-state index in [0.29, 0.717) is 29.9 Å². The highest BCUT2D eigenvalue weighted by molar-refractivity contribution is 5.66. The second kappa shape index (κ2) is 8.78. The van der Waals surface area contributed by atoms with Crippen LogP contribution in [0.15, 0.2) is 79.1 Å². The molecule has 0 aliphatic heterocycles. The molecule has 3 heterocycles. The lowest BCUT2D eigenvalue weighted by atomic mass is 10.1. The van der Waals surface area contributed by atoms with Crippen LogP contribution in [0.5, 0.6) is 11.5 Å². The fraction of sp³-hybridized carbons (Fsp3) is 0.160. The highest BCUT2D eigenvalue weighted by Gasteiger charge is 2.27. The summed E-state index contributed by atoms with van der Waals surface area (Å²) in [6.07, 6.45) is 6.63. The van der Waals surface area contributed by atoms with Gasteiger partial charge >= 0.3 is 0 Å². The second-order valence-electron chi connectivity index (χ2n) is 8.23. The van der Waals surface area contributed by atoms with Crippen LogP contribution in [-0.4, -0.2) is 35.4 Å². The van der Waals surface area contributed by atoms with Gasteiger partial charge in [0.2, 0.25) is 0 Å². The first-order chi connectivity index (χ1) is 16.8. The van der Waals surface area contributed by atoms with Crippen LogP contribution in [0, 0.1) is 0 Å². The van der Waals surface area contributed by atoms with E-state index in [1.54, 1.807) is 6.20 Å². The van der Waals surface area contributed by atoms with Crippen molar-refractivity contribution < 1.29 is 4.74 Å². The van der Waals surface area contributed by atoms with Gasteiger partial charge in [-0.3, -0.25) is 4.68 Å². The van der Waals surface area contributed by atoms with Crippen LogP contribution in [-0.2, 0) is 6.42 Å². The van der Waals surface area contributed by atoms with Crippen molar-refractivity contribution in [3.8, 4) is 22.8 Å². The molecule has 6 rings (SSSR count). The Morgan fingerprint density at radius 2 is 1.94 bits per heavy atom. The molecule has 1 aliphatic rings. The van der Waals surface area contributed by atoms with E-state index in [4.69, 9.17) is 9.84 Å². The summed E-state index contributed by atoms with van der Waals surface area (Å²) in [6, 6.07) is 22.4. The van der Waals surface area contributed by atoms with Crippen LogP contribution in [0.4, 0.5) is 11.5 Å². The summed E-state index contributed by atoms with van der Waals surface area (Å²) < 4.78 is 8.33. The maximum absolute atomic E-state index is 6.30. The van der Waals surface area contributed by atoms with E-state index in [2.05, 4.69) is 30.9 Å². The van der Waals surface area contributed by atoms with E-state index in [-0.39, 0.29) is 0 Å². The lowest BCUT2D eigenvalue weighted by molar-refractivity contribution is 0.482. The number of anilines is 2. The molecule has 168 valence electrons. The summed E-state index contributed by atoms with van der Waals surface area (Å²) in [7, 11) is 0. The average molecular weight is 451 g/mol. The zero-order valence-electron chi connectivity index (χ0n) is 18.3. The summed E-state index contributed by atoms with van der Waals surface area (Å²) in [6.45, 7) is 0. The largest absolute Gasteiger partial charge is 0.453 e. The third-order valence-corrected chi connectivity index (χ3v) is 5.58. The molecular weight excluding hydrogens is 428 g/mol. The van der Waals surface area contributed by atoms with Crippen LogP contribution >= 0.6 is 0 Å². The molecule has 0 radical (unpaired) electrons. The van der Waals surface area contributed by atoms with Gasteiger partial charge in [0, 0.05) is 29.9 Å². The van der Waals surface area contributed by atoms with Crippen LogP contribution in [0.3, 0.4) is 0 Å². The molecule has 9 heteroatoms. The summed E-state index contributed by atoms with van der Waals surface area (Å²) in [5.74, 6) is 2.75. The Balaban J connectivity index is 1.22. The van der Waals surface area contributed by atoms with Gasteiger partial charge in [0.15, 0.2) is 11.6 Å². The van der Waals surface area contributed by atoms with Gasteiger partial charge in [-0.15, -0.1) is 10.2 Å². The first kappa shape index (κ1) is 20.1. The van der Waals surface area contributed by atoms with Gasteiger partial charge in [0.1, 0.15) is 17.3 Å². The van der Waals surface area contributed by atoms with Crippen molar-refractivity contribution in [3.05, 3.63) is 90.5 Å². The number of aromatic nitrogens is 7. The minimum atomic E-state index is 0.467. The van der Waals surface area contributed by atoms with Crippen molar-refractivity contribution in [1.82, 2.24) is 35.4 Å². The molecule has 0 saturated heterocycles. The van der Waals surface area contributed by atoms with E-state index < -0.39 is 0 Å². The molecule has 2 N–H and O–H groups in total. The van der Waals surface area contributed by atoms with Gasteiger partial charge in [-0.05, 0) is 36.6 Å². The number of hydrogen-bond donors (Lipinski definition) is 2. The second-order valence-corrected chi connectivity index (χ2v) is 8.23. The summed E-state index contributed by atoms with van der Waals surface area (Å²) in [5, 5.41) is 22.3. The van der Waals surface area contributed by atoms with Crippen molar-refractivity contribution >= 4 is 11.5 Å². The Morgan fingerprint density at radius 1 is 1.03 bits per heavy atom. The van der Waals surface area contributed by atoms with E-state index in [9.17, 15) is 0 Å². The molecule has 1 aliphatic carbocycles. The normalized spacial score (nSPS) is 13.1. The number of hydrogen-bond acceptors (Lipinski definition) is 7. The number of rotatable bonds is 8. The molecule has 0 unspecified atom stereocenters. The molecule has 34 heavy (non-hydrogen) atoms.